The van der Waals surface area contributed by atoms with Crippen molar-refractivity contribution in [3.05, 3.63) is 89.2 Å². The third-order valence-electron chi connectivity index (χ3n) is 4.10. The lowest BCUT2D eigenvalue weighted by Gasteiger charge is -2.06. The van der Waals surface area contributed by atoms with Gasteiger partial charge in [-0.15, -0.1) is 0 Å². The molecule has 3 rings (SSSR count). The van der Waals surface area contributed by atoms with Crippen LogP contribution in [0, 0.1) is 18.8 Å². The van der Waals surface area contributed by atoms with Crippen LogP contribution in [0.2, 0.25) is 0 Å². The van der Waals surface area contributed by atoms with Crippen molar-refractivity contribution in [2.75, 3.05) is 13.4 Å². The minimum absolute atomic E-state index is 0.220. The van der Waals surface area contributed by atoms with Gasteiger partial charge in [0.25, 0.3) is 0 Å². The van der Waals surface area contributed by atoms with Crippen molar-refractivity contribution in [1.82, 2.24) is 4.98 Å². The summed E-state index contributed by atoms with van der Waals surface area (Å²) < 4.78 is 22.3. The van der Waals surface area contributed by atoms with Crippen LogP contribution in [0.25, 0.3) is 0 Å². The van der Waals surface area contributed by atoms with E-state index in [-0.39, 0.29) is 5.69 Å². The van der Waals surface area contributed by atoms with Gasteiger partial charge in [-0.05, 0) is 48.9 Å². The molecule has 0 N–H and O–H groups in total. The Morgan fingerprint density at radius 2 is 1.86 bits per heavy atom. The van der Waals surface area contributed by atoms with Crippen molar-refractivity contribution in [3.63, 3.8) is 0 Å². The van der Waals surface area contributed by atoms with Gasteiger partial charge in [0.05, 0.1) is 28.1 Å². The Labute approximate surface area is 171 Å². The van der Waals surface area contributed by atoms with E-state index in [9.17, 15) is 9.00 Å². The van der Waals surface area contributed by atoms with Crippen molar-refractivity contribution in [3.8, 4) is 11.8 Å². The predicted octanol–water partition coefficient (Wildman–Crippen LogP) is 4.36. The summed E-state index contributed by atoms with van der Waals surface area (Å²) in [7, 11) is -1.31. The van der Waals surface area contributed by atoms with Crippen LogP contribution in [0.1, 0.15) is 27.2 Å². The zero-order chi connectivity index (χ0) is 20.9. The van der Waals surface area contributed by atoms with E-state index in [0.29, 0.717) is 21.7 Å². The minimum Gasteiger partial charge on any atom is -0.464 e. The molecule has 0 aliphatic carbocycles. The Hall–Kier alpha value is -3.43. The second-order valence-corrected chi connectivity index (χ2v) is 8.66. The highest BCUT2D eigenvalue weighted by molar-refractivity contribution is 7.93. The highest BCUT2D eigenvalue weighted by Crippen LogP contribution is 2.23. The Bertz CT molecular complexity index is 1230. The molecule has 3 aromatic rings. The molecular weight excluding hydrogens is 384 g/mol. The number of hydrogen-bond acceptors (Lipinski definition) is 5. The smallest absolute Gasteiger partial charge is 0.356 e. The Balaban J connectivity index is 1.96. The molecule has 0 fully saturated rings. The van der Waals surface area contributed by atoms with Gasteiger partial charge >= 0.3 is 5.97 Å². The summed E-state index contributed by atoms with van der Waals surface area (Å²) in [4.78, 5) is 16.2. The first kappa shape index (κ1) is 20.3. The summed E-state index contributed by atoms with van der Waals surface area (Å²) in [5, 5.41) is 0. The average molecular weight is 404 g/mol. The molecular formula is C23H20N2O3S. The number of aryl methyl sites for hydroxylation is 1. The maximum absolute atomic E-state index is 13.2. The Kier molecular flexibility index (Phi) is 6.10. The van der Waals surface area contributed by atoms with Crippen molar-refractivity contribution >= 4 is 21.4 Å². The molecule has 0 saturated heterocycles. The number of pyridine rings is 1. The van der Waals surface area contributed by atoms with Gasteiger partial charge in [-0.2, -0.15) is 4.36 Å². The lowest BCUT2D eigenvalue weighted by Crippen LogP contribution is -2.03. The summed E-state index contributed by atoms with van der Waals surface area (Å²) in [6.45, 7) is 1.96. The highest BCUT2D eigenvalue weighted by atomic mass is 32.2. The molecule has 1 atom stereocenters. The minimum atomic E-state index is -2.62. The standard InChI is InChI=1S/C23H20N2O3S/c1-17-7-6-9-20(15-17)29(3,27)25-21-10-5-4-8-19(21)13-11-18-12-14-22(24-16-18)23(26)28-2/h4-10,12,14-16H,1-3H3. The number of esters is 1. The fourth-order valence-corrected chi connectivity index (χ4v) is 3.96. The van der Waals surface area contributed by atoms with Crippen LogP contribution in [-0.2, 0) is 14.5 Å². The van der Waals surface area contributed by atoms with Crippen molar-refractivity contribution in [2.45, 2.75) is 11.8 Å². The molecule has 2 aromatic carbocycles. The lowest BCUT2D eigenvalue weighted by molar-refractivity contribution is 0.0594. The summed E-state index contributed by atoms with van der Waals surface area (Å²) in [5.74, 6) is 5.56. The number of benzene rings is 2. The van der Waals surface area contributed by atoms with Gasteiger partial charge in [0.1, 0.15) is 5.69 Å². The number of nitrogens with zero attached hydrogens (tertiary/aromatic N) is 2. The number of hydrogen-bond donors (Lipinski definition) is 0. The van der Waals surface area contributed by atoms with E-state index in [1.54, 1.807) is 24.5 Å². The van der Waals surface area contributed by atoms with E-state index in [0.717, 1.165) is 5.56 Å². The third-order valence-corrected chi connectivity index (χ3v) is 5.78. The molecule has 0 aliphatic rings. The van der Waals surface area contributed by atoms with Crippen molar-refractivity contribution < 1.29 is 13.7 Å². The number of ether oxygens (including phenoxy) is 1. The van der Waals surface area contributed by atoms with Gasteiger partial charge in [0, 0.05) is 22.9 Å². The van der Waals surface area contributed by atoms with E-state index in [1.807, 2.05) is 49.4 Å². The molecule has 0 saturated carbocycles. The molecule has 0 radical (unpaired) electrons. The predicted molar refractivity (Wildman–Crippen MR) is 114 cm³/mol. The van der Waals surface area contributed by atoms with Gasteiger partial charge in [0.2, 0.25) is 0 Å². The first-order valence-electron chi connectivity index (χ1n) is 8.83. The molecule has 6 heteroatoms. The van der Waals surface area contributed by atoms with Crippen LogP contribution < -0.4 is 0 Å². The van der Waals surface area contributed by atoms with E-state index >= 15 is 0 Å². The van der Waals surface area contributed by atoms with Crippen LogP contribution >= 0.6 is 0 Å². The first-order valence-corrected chi connectivity index (χ1v) is 10.8. The summed E-state index contributed by atoms with van der Waals surface area (Å²) in [5.41, 5.74) is 3.11. The molecule has 1 heterocycles. The van der Waals surface area contributed by atoms with Gasteiger partial charge in [0.15, 0.2) is 0 Å². The van der Waals surface area contributed by atoms with Gasteiger partial charge in [-0.1, -0.05) is 36.1 Å². The maximum atomic E-state index is 13.2. The number of aromatic nitrogens is 1. The maximum Gasteiger partial charge on any atom is 0.356 e. The van der Waals surface area contributed by atoms with E-state index in [1.165, 1.54) is 13.3 Å². The quantitative estimate of drug-likeness (QED) is 0.480. The van der Waals surface area contributed by atoms with Crippen LogP contribution in [-0.4, -0.2) is 28.5 Å². The fourth-order valence-electron chi connectivity index (χ4n) is 2.58. The highest BCUT2D eigenvalue weighted by Gasteiger charge is 2.08. The van der Waals surface area contributed by atoms with Crippen LogP contribution in [0.3, 0.4) is 0 Å². The van der Waals surface area contributed by atoms with Crippen molar-refractivity contribution in [1.29, 1.82) is 0 Å². The largest absolute Gasteiger partial charge is 0.464 e. The molecule has 29 heavy (non-hydrogen) atoms. The van der Waals surface area contributed by atoms with Gasteiger partial charge < -0.3 is 4.74 Å². The molecule has 0 aliphatic heterocycles. The first-order chi connectivity index (χ1) is 13.9. The van der Waals surface area contributed by atoms with Crippen molar-refractivity contribution in [2.24, 2.45) is 4.36 Å². The van der Waals surface area contributed by atoms with E-state index in [4.69, 9.17) is 0 Å². The molecule has 0 bridgehead atoms. The van der Waals surface area contributed by atoms with E-state index < -0.39 is 15.7 Å². The number of carbonyl (C=O) groups excluding carboxylic acids is 1. The molecule has 1 unspecified atom stereocenters. The van der Waals surface area contributed by atoms with Crippen LogP contribution in [0.5, 0.6) is 0 Å². The Morgan fingerprint density at radius 1 is 1.07 bits per heavy atom. The normalized spacial score (nSPS) is 12.2. The van der Waals surface area contributed by atoms with Crippen LogP contribution in [0.4, 0.5) is 5.69 Å². The number of carbonyl (C=O) groups is 1. The molecule has 5 nitrogen and oxygen atoms in total. The molecule has 1 aromatic heterocycles. The molecule has 0 amide bonds. The Morgan fingerprint density at radius 3 is 2.55 bits per heavy atom. The van der Waals surface area contributed by atoms with Gasteiger partial charge in [-0.25, -0.2) is 14.0 Å². The molecule has 0 spiro atoms. The van der Waals surface area contributed by atoms with E-state index in [2.05, 4.69) is 25.9 Å². The second-order valence-electron chi connectivity index (χ2n) is 6.40. The fraction of sp³-hybridized carbons (Fsp3) is 0.130. The average Bonchev–Trinajstić information content (AvgIpc) is 2.73. The number of rotatable bonds is 3. The summed E-state index contributed by atoms with van der Waals surface area (Å²) >= 11 is 0. The molecule has 146 valence electrons. The number of methoxy groups -OCH3 is 1. The zero-order valence-corrected chi connectivity index (χ0v) is 17.2. The monoisotopic (exact) mass is 404 g/mol. The lowest BCUT2D eigenvalue weighted by atomic mass is 10.1. The zero-order valence-electron chi connectivity index (χ0n) is 16.4. The summed E-state index contributed by atoms with van der Waals surface area (Å²) in [6, 6.07) is 18.1. The van der Waals surface area contributed by atoms with Crippen LogP contribution in [0.15, 0.2) is 76.1 Å². The topological polar surface area (TPSA) is 68.6 Å². The second kappa shape index (κ2) is 8.72. The SMILES string of the molecule is COC(=O)c1ccc(C#Cc2ccccc2N=S(C)(=O)c2cccc(C)c2)cn1. The summed E-state index contributed by atoms with van der Waals surface area (Å²) in [6.07, 6.45) is 3.14. The van der Waals surface area contributed by atoms with Gasteiger partial charge in [-0.3, -0.25) is 0 Å². The third kappa shape index (κ3) is 5.09.